The van der Waals surface area contributed by atoms with Crippen LogP contribution in [0.3, 0.4) is 0 Å². The van der Waals surface area contributed by atoms with Gasteiger partial charge in [-0.25, -0.2) is 9.97 Å². The van der Waals surface area contributed by atoms with Crippen molar-refractivity contribution < 1.29 is 4.79 Å². The van der Waals surface area contributed by atoms with E-state index in [4.69, 9.17) is 0 Å². The zero-order valence-electron chi connectivity index (χ0n) is 18.0. The van der Waals surface area contributed by atoms with Crippen LogP contribution in [0.4, 0.5) is 5.82 Å². The topological polar surface area (TPSA) is 61.4 Å². The lowest BCUT2D eigenvalue weighted by atomic mass is 10.0. The van der Waals surface area contributed by atoms with Crippen LogP contribution in [0.1, 0.15) is 54.2 Å². The SMILES string of the molecule is C[C@@H]1CCc2ncnc(N3CCN(C(=O)[C@H](CNCC4CC4)c4ccc(Br)s4)CC3)c21. The van der Waals surface area contributed by atoms with Crippen molar-refractivity contribution in [1.82, 2.24) is 20.2 Å². The second-order valence-electron chi connectivity index (χ2n) is 9.11. The first-order chi connectivity index (χ1) is 15.1. The molecule has 6 nitrogen and oxygen atoms in total. The fraction of sp³-hybridized carbons (Fsp3) is 0.609. The van der Waals surface area contributed by atoms with Crippen LogP contribution in [-0.4, -0.2) is 60.0 Å². The second-order valence-corrected chi connectivity index (χ2v) is 11.6. The average molecular weight is 504 g/mol. The Hall–Kier alpha value is -1.51. The third-order valence-electron chi connectivity index (χ3n) is 6.86. The first-order valence-corrected chi connectivity index (χ1v) is 13.0. The highest BCUT2D eigenvalue weighted by molar-refractivity contribution is 9.11. The second kappa shape index (κ2) is 9.16. The lowest BCUT2D eigenvalue weighted by Crippen LogP contribution is -2.51. The summed E-state index contributed by atoms with van der Waals surface area (Å²) in [6, 6.07) is 4.15. The Labute approximate surface area is 196 Å². The van der Waals surface area contributed by atoms with Crippen molar-refractivity contribution in [2.45, 2.75) is 44.4 Å². The summed E-state index contributed by atoms with van der Waals surface area (Å²) in [5, 5.41) is 3.56. The normalized spacial score (nSPS) is 21.9. The van der Waals surface area contributed by atoms with Gasteiger partial charge in [-0.3, -0.25) is 4.79 Å². The van der Waals surface area contributed by atoms with Gasteiger partial charge in [0.2, 0.25) is 5.91 Å². The van der Waals surface area contributed by atoms with Crippen LogP contribution in [0.5, 0.6) is 0 Å². The van der Waals surface area contributed by atoms with E-state index in [-0.39, 0.29) is 11.8 Å². The minimum atomic E-state index is -0.107. The number of piperazine rings is 1. The number of nitrogens with zero attached hydrogens (tertiary/aromatic N) is 4. The third kappa shape index (κ3) is 4.66. The largest absolute Gasteiger partial charge is 0.353 e. The van der Waals surface area contributed by atoms with E-state index in [2.05, 4.69) is 60.1 Å². The van der Waals surface area contributed by atoms with Crippen LogP contribution < -0.4 is 10.2 Å². The molecule has 1 amide bonds. The number of halogens is 1. The smallest absolute Gasteiger partial charge is 0.232 e. The molecular formula is C23H30BrN5OS. The molecule has 0 bridgehead atoms. The summed E-state index contributed by atoms with van der Waals surface area (Å²) in [7, 11) is 0. The van der Waals surface area contributed by atoms with E-state index < -0.39 is 0 Å². The zero-order valence-corrected chi connectivity index (χ0v) is 20.4. The van der Waals surface area contributed by atoms with Gasteiger partial charge in [-0.1, -0.05) is 6.92 Å². The number of amides is 1. The fourth-order valence-corrected chi connectivity index (χ4v) is 6.33. The number of fused-ring (bicyclic) bond motifs is 1. The first-order valence-electron chi connectivity index (χ1n) is 11.4. The Kier molecular flexibility index (Phi) is 6.30. The molecule has 1 saturated carbocycles. The van der Waals surface area contributed by atoms with E-state index >= 15 is 0 Å². The van der Waals surface area contributed by atoms with Gasteiger partial charge in [0.05, 0.1) is 9.70 Å². The molecule has 5 rings (SSSR count). The summed E-state index contributed by atoms with van der Waals surface area (Å²) in [5.41, 5.74) is 2.54. The molecule has 2 aromatic rings. The summed E-state index contributed by atoms with van der Waals surface area (Å²) in [5.74, 6) is 2.56. The van der Waals surface area contributed by atoms with Gasteiger partial charge in [-0.2, -0.15) is 0 Å². The van der Waals surface area contributed by atoms with Crippen LogP contribution >= 0.6 is 27.3 Å². The molecule has 3 aliphatic rings. The maximum Gasteiger partial charge on any atom is 0.232 e. The molecule has 2 aromatic heterocycles. The van der Waals surface area contributed by atoms with Gasteiger partial charge < -0.3 is 15.1 Å². The molecule has 0 spiro atoms. The van der Waals surface area contributed by atoms with Crippen LogP contribution in [0, 0.1) is 5.92 Å². The average Bonchev–Trinajstić information content (AvgIpc) is 3.40. The number of carbonyl (C=O) groups is 1. The summed E-state index contributed by atoms with van der Waals surface area (Å²) in [6.45, 7) is 7.18. The maximum atomic E-state index is 13.5. The molecule has 1 saturated heterocycles. The van der Waals surface area contributed by atoms with E-state index in [1.807, 2.05) is 0 Å². The molecule has 2 atom stereocenters. The van der Waals surface area contributed by atoms with Crippen molar-refractivity contribution >= 4 is 39.0 Å². The number of anilines is 1. The molecule has 2 fully saturated rings. The molecule has 0 radical (unpaired) electrons. The number of aromatic nitrogens is 2. The lowest BCUT2D eigenvalue weighted by Gasteiger charge is -2.37. The molecule has 0 aromatic carbocycles. The number of aryl methyl sites for hydroxylation is 1. The highest BCUT2D eigenvalue weighted by atomic mass is 79.9. The predicted molar refractivity (Wildman–Crippen MR) is 128 cm³/mol. The summed E-state index contributed by atoms with van der Waals surface area (Å²) in [4.78, 5) is 28.2. The van der Waals surface area contributed by atoms with Gasteiger partial charge in [0.25, 0.3) is 0 Å². The number of hydrogen-bond donors (Lipinski definition) is 1. The van der Waals surface area contributed by atoms with Crippen molar-refractivity contribution in [1.29, 1.82) is 0 Å². The minimum Gasteiger partial charge on any atom is -0.353 e. The summed E-state index contributed by atoms with van der Waals surface area (Å²) < 4.78 is 1.08. The Morgan fingerprint density at radius 2 is 2.03 bits per heavy atom. The molecule has 2 aliphatic carbocycles. The molecular weight excluding hydrogens is 474 g/mol. The van der Waals surface area contributed by atoms with Crippen molar-refractivity contribution in [2.24, 2.45) is 5.92 Å². The Morgan fingerprint density at radius 1 is 1.23 bits per heavy atom. The Balaban J connectivity index is 1.25. The lowest BCUT2D eigenvalue weighted by molar-refractivity contribution is -0.133. The molecule has 8 heteroatoms. The van der Waals surface area contributed by atoms with E-state index in [1.54, 1.807) is 17.7 Å². The van der Waals surface area contributed by atoms with Crippen LogP contribution in [0.2, 0.25) is 0 Å². The molecule has 0 unspecified atom stereocenters. The molecule has 1 N–H and O–H groups in total. The molecule has 1 aliphatic heterocycles. The highest BCUT2D eigenvalue weighted by Crippen LogP contribution is 2.37. The summed E-state index contributed by atoms with van der Waals surface area (Å²) in [6.07, 6.45) is 6.56. The Morgan fingerprint density at radius 3 is 2.74 bits per heavy atom. The number of hydrogen-bond acceptors (Lipinski definition) is 6. The van der Waals surface area contributed by atoms with Gasteiger partial charge in [-0.05, 0) is 72.1 Å². The zero-order chi connectivity index (χ0) is 21.4. The molecule has 31 heavy (non-hydrogen) atoms. The number of nitrogens with one attached hydrogen (secondary N) is 1. The first kappa shape index (κ1) is 21.3. The van der Waals surface area contributed by atoms with E-state index in [0.29, 0.717) is 5.92 Å². The van der Waals surface area contributed by atoms with Gasteiger partial charge in [0.1, 0.15) is 12.1 Å². The quantitative estimate of drug-likeness (QED) is 0.622. The highest BCUT2D eigenvalue weighted by Gasteiger charge is 2.32. The van der Waals surface area contributed by atoms with Crippen LogP contribution in [-0.2, 0) is 11.2 Å². The molecule has 3 heterocycles. The fourth-order valence-electron chi connectivity index (χ4n) is 4.81. The van der Waals surface area contributed by atoms with Gasteiger partial charge in [0.15, 0.2) is 0 Å². The van der Waals surface area contributed by atoms with Crippen molar-refractivity contribution in [3.05, 3.63) is 38.4 Å². The van der Waals surface area contributed by atoms with E-state index in [0.717, 1.165) is 72.5 Å². The summed E-state index contributed by atoms with van der Waals surface area (Å²) >= 11 is 5.24. The van der Waals surface area contributed by atoms with Crippen LogP contribution in [0.25, 0.3) is 0 Å². The van der Waals surface area contributed by atoms with Crippen molar-refractivity contribution in [2.75, 3.05) is 44.2 Å². The monoisotopic (exact) mass is 503 g/mol. The van der Waals surface area contributed by atoms with Crippen LogP contribution in [0.15, 0.2) is 22.2 Å². The predicted octanol–water partition coefficient (Wildman–Crippen LogP) is 3.78. The molecule has 166 valence electrons. The number of thiophene rings is 1. The van der Waals surface area contributed by atoms with Gasteiger partial charge >= 0.3 is 0 Å². The van der Waals surface area contributed by atoms with Crippen molar-refractivity contribution in [3.8, 4) is 0 Å². The number of carbonyl (C=O) groups excluding carboxylic acids is 1. The maximum absolute atomic E-state index is 13.5. The van der Waals surface area contributed by atoms with Gasteiger partial charge in [-0.15, -0.1) is 11.3 Å². The van der Waals surface area contributed by atoms with Gasteiger partial charge in [0, 0.05) is 48.9 Å². The van der Waals surface area contributed by atoms with Crippen molar-refractivity contribution in [3.63, 3.8) is 0 Å². The number of rotatable bonds is 7. The van der Waals surface area contributed by atoms with E-state index in [1.165, 1.54) is 24.1 Å². The standard InChI is InChI=1S/C23H30BrN5OS/c1-15-2-5-18-21(15)22(27-14-26-18)28-8-10-29(11-9-28)23(30)17(13-25-12-16-3-4-16)19-6-7-20(24)31-19/h6-7,14-17,25H,2-5,8-13H2,1H3/t15-,17-/m1/s1. The Bertz CT molecular complexity index is 938. The third-order valence-corrected chi connectivity index (χ3v) is 8.59. The van der Waals surface area contributed by atoms with E-state index in [9.17, 15) is 4.79 Å². The minimum absolute atomic E-state index is 0.107.